The van der Waals surface area contributed by atoms with Gasteiger partial charge in [-0.1, -0.05) is 12.1 Å². The van der Waals surface area contributed by atoms with E-state index >= 15 is 0 Å². The standard InChI is InChI=1S/C16H21NO4S2/c1-3-21-16(19)10-14(18)17-8-9-22-15(17)11-23-13-7-5-4-6-12(13)20-2/h4-7,15H,3,8-11H2,1-2H3/t15-/m0/s1. The van der Waals surface area contributed by atoms with E-state index in [1.54, 1.807) is 42.5 Å². The highest BCUT2D eigenvalue weighted by atomic mass is 32.2. The Bertz CT molecular complexity index is 553. The number of esters is 1. The normalized spacial score (nSPS) is 17.1. The van der Waals surface area contributed by atoms with Crippen LogP contribution in [-0.2, 0) is 14.3 Å². The maximum Gasteiger partial charge on any atom is 0.315 e. The number of thioether (sulfide) groups is 2. The molecule has 126 valence electrons. The van der Waals surface area contributed by atoms with Gasteiger partial charge < -0.3 is 14.4 Å². The van der Waals surface area contributed by atoms with Crippen LogP contribution in [0.15, 0.2) is 29.2 Å². The first-order valence-corrected chi connectivity index (χ1v) is 9.51. The number of carbonyl (C=O) groups is 2. The Labute approximate surface area is 145 Å². The van der Waals surface area contributed by atoms with Crippen molar-refractivity contribution in [3.8, 4) is 5.75 Å². The largest absolute Gasteiger partial charge is 0.496 e. The first-order valence-electron chi connectivity index (χ1n) is 7.48. The van der Waals surface area contributed by atoms with Crippen molar-refractivity contribution < 1.29 is 19.1 Å². The van der Waals surface area contributed by atoms with Gasteiger partial charge in [0.1, 0.15) is 12.2 Å². The first kappa shape index (κ1) is 18.0. The molecule has 0 N–H and O–H groups in total. The summed E-state index contributed by atoms with van der Waals surface area (Å²) in [4.78, 5) is 26.6. The van der Waals surface area contributed by atoms with E-state index in [4.69, 9.17) is 9.47 Å². The van der Waals surface area contributed by atoms with Gasteiger partial charge in [0.2, 0.25) is 5.91 Å². The van der Waals surface area contributed by atoms with Gasteiger partial charge in [-0.15, -0.1) is 23.5 Å². The van der Waals surface area contributed by atoms with E-state index in [1.165, 1.54) is 0 Å². The van der Waals surface area contributed by atoms with Gasteiger partial charge in [0.25, 0.3) is 0 Å². The van der Waals surface area contributed by atoms with E-state index in [2.05, 4.69) is 0 Å². The number of hydrogen-bond donors (Lipinski definition) is 0. The van der Waals surface area contributed by atoms with Crippen LogP contribution in [0, 0.1) is 0 Å². The second-order valence-electron chi connectivity index (χ2n) is 4.86. The lowest BCUT2D eigenvalue weighted by molar-refractivity contribution is -0.148. The second-order valence-corrected chi connectivity index (χ2v) is 7.20. The third-order valence-electron chi connectivity index (χ3n) is 3.36. The highest BCUT2D eigenvalue weighted by Crippen LogP contribution is 2.34. The second kappa shape index (κ2) is 9.08. The van der Waals surface area contributed by atoms with Gasteiger partial charge in [-0.05, 0) is 19.1 Å². The molecule has 7 heteroatoms. The SMILES string of the molecule is CCOC(=O)CC(=O)N1CCS[C@H]1CSc1ccccc1OC. The summed E-state index contributed by atoms with van der Waals surface area (Å²) < 4.78 is 10.2. The van der Waals surface area contributed by atoms with Crippen molar-refractivity contribution in [3.05, 3.63) is 24.3 Å². The summed E-state index contributed by atoms with van der Waals surface area (Å²) in [6.07, 6.45) is -0.176. The molecule has 1 aromatic rings. The highest BCUT2D eigenvalue weighted by molar-refractivity contribution is 8.03. The van der Waals surface area contributed by atoms with Crippen molar-refractivity contribution in [2.24, 2.45) is 0 Å². The number of carbonyl (C=O) groups excluding carboxylic acids is 2. The minimum atomic E-state index is -0.453. The first-order chi connectivity index (χ1) is 11.2. The molecule has 0 spiro atoms. The molecule has 0 aliphatic carbocycles. The van der Waals surface area contributed by atoms with Gasteiger partial charge in [-0.3, -0.25) is 9.59 Å². The summed E-state index contributed by atoms with van der Waals surface area (Å²) in [6.45, 7) is 2.72. The molecule has 5 nitrogen and oxygen atoms in total. The molecule has 0 saturated carbocycles. The van der Waals surface area contributed by atoms with Crippen LogP contribution in [0.3, 0.4) is 0 Å². The number of methoxy groups -OCH3 is 1. The maximum atomic E-state index is 12.3. The summed E-state index contributed by atoms with van der Waals surface area (Å²) in [7, 11) is 1.65. The summed E-state index contributed by atoms with van der Waals surface area (Å²) in [5, 5.41) is 0.0758. The van der Waals surface area contributed by atoms with Gasteiger partial charge in [0.15, 0.2) is 0 Å². The van der Waals surface area contributed by atoms with Crippen molar-refractivity contribution in [1.29, 1.82) is 0 Å². The lowest BCUT2D eigenvalue weighted by atomic mass is 10.3. The fourth-order valence-electron chi connectivity index (χ4n) is 2.28. The molecule has 23 heavy (non-hydrogen) atoms. The van der Waals surface area contributed by atoms with E-state index in [-0.39, 0.29) is 17.7 Å². The molecule has 0 unspecified atom stereocenters. The number of rotatable bonds is 7. The maximum absolute atomic E-state index is 12.3. The van der Waals surface area contributed by atoms with Crippen molar-refractivity contribution in [2.45, 2.75) is 23.6 Å². The summed E-state index contributed by atoms with van der Waals surface area (Å²) in [5.74, 6) is 1.89. The van der Waals surface area contributed by atoms with E-state index in [0.717, 1.165) is 22.2 Å². The lowest BCUT2D eigenvalue weighted by Crippen LogP contribution is -2.37. The van der Waals surface area contributed by atoms with Crippen LogP contribution < -0.4 is 4.74 Å². The summed E-state index contributed by atoms with van der Waals surface area (Å²) in [6, 6.07) is 7.83. The van der Waals surface area contributed by atoms with Gasteiger partial charge in [-0.25, -0.2) is 0 Å². The molecule has 1 aliphatic heterocycles. The van der Waals surface area contributed by atoms with E-state index < -0.39 is 5.97 Å². The van der Waals surface area contributed by atoms with Crippen LogP contribution in [0.1, 0.15) is 13.3 Å². The van der Waals surface area contributed by atoms with Crippen LogP contribution in [0.25, 0.3) is 0 Å². The summed E-state index contributed by atoms with van der Waals surface area (Å²) in [5.41, 5.74) is 0. The minimum Gasteiger partial charge on any atom is -0.496 e. The quantitative estimate of drug-likeness (QED) is 0.426. The van der Waals surface area contributed by atoms with Gasteiger partial charge in [0, 0.05) is 22.9 Å². The average molecular weight is 355 g/mol. The number of benzene rings is 1. The Hall–Kier alpha value is -1.34. The number of amides is 1. The molecule has 1 aromatic carbocycles. The van der Waals surface area contributed by atoms with Crippen molar-refractivity contribution in [2.75, 3.05) is 31.8 Å². The van der Waals surface area contributed by atoms with E-state index in [1.807, 2.05) is 24.3 Å². The van der Waals surface area contributed by atoms with Crippen LogP contribution in [0.2, 0.25) is 0 Å². The van der Waals surface area contributed by atoms with Crippen LogP contribution in [0.5, 0.6) is 5.75 Å². The minimum absolute atomic E-state index is 0.0758. The zero-order chi connectivity index (χ0) is 16.7. The van der Waals surface area contributed by atoms with Crippen LogP contribution in [-0.4, -0.2) is 53.9 Å². The molecule has 1 amide bonds. The topological polar surface area (TPSA) is 55.8 Å². The Morgan fingerprint density at radius 3 is 2.91 bits per heavy atom. The van der Waals surface area contributed by atoms with Gasteiger partial charge in [-0.2, -0.15) is 0 Å². The fraction of sp³-hybridized carbons (Fsp3) is 0.500. The molecule has 1 saturated heterocycles. The number of para-hydroxylation sites is 1. The Kier molecular flexibility index (Phi) is 7.11. The van der Waals surface area contributed by atoms with Crippen molar-refractivity contribution in [3.63, 3.8) is 0 Å². The molecule has 0 aromatic heterocycles. The zero-order valence-corrected chi connectivity index (χ0v) is 15.0. The highest BCUT2D eigenvalue weighted by Gasteiger charge is 2.30. The predicted octanol–water partition coefficient (Wildman–Crippen LogP) is 2.64. The Morgan fingerprint density at radius 1 is 1.39 bits per heavy atom. The molecule has 1 fully saturated rings. The van der Waals surface area contributed by atoms with Crippen LogP contribution >= 0.6 is 23.5 Å². The predicted molar refractivity (Wildman–Crippen MR) is 92.9 cm³/mol. The molecular weight excluding hydrogens is 334 g/mol. The Balaban J connectivity index is 1.91. The monoisotopic (exact) mass is 355 g/mol. The number of nitrogens with zero attached hydrogens (tertiary/aromatic N) is 1. The van der Waals surface area contributed by atoms with E-state index in [9.17, 15) is 9.59 Å². The average Bonchev–Trinajstić information content (AvgIpc) is 3.02. The third-order valence-corrected chi connectivity index (χ3v) is 5.93. The van der Waals surface area contributed by atoms with Crippen molar-refractivity contribution >= 4 is 35.4 Å². The fourth-order valence-corrected chi connectivity index (χ4v) is 4.82. The smallest absolute Gasteiger partial charge is 0.315 e. The molecule has 1 aliphatic rings. The molecule has 1 atom stereocenters. The van der Waals surface area contributed by atoms with E-state index in [0.29, 0.717) is 13.2 Å². The van der Waals surface area contributed by atoms with Gasteiger partial charge >= 0.3 is 5.97 Å². The lowest BCUT2D eigenvalue weighted by Gasteiger charge is -2.23. The van der Waals surface area contributed by atoms with Crippen molar-refractivity contribution in [1.82, 2.24) is 4.90 Å². The zero-order valence-electron chi connectivity index (χ0n) is 13.3. The summed E-state index contributed by atoms with van der Waals surface area (Å²) >= 11 is 3.41. The number of ether oxygens (including phenoxy) is 2. The van der Waals surface area contributed by atoms with Crippen LogP contribution in [0.4, 0.5) is 0 Å². The third kappa shape index (κ3) is 5.07. The molecule has 0 radical (unpaired) electrons. The number of hydrogen-bond acceptors (Lipinski definition) is 6. The molecular formula is C16H21NO4S2. The van der Waals surface area contributed by atoms with Gasteiger partial charge in [0.05, 0.1) is 19.1 Å². The molecule has 1 heterocycles. The molecule has 0 bridgehead atoms. The molecule has 2 rings (SSSR count). The Morgan fingerprint density at radius 2 is 2.17 bits per heavy atom.